The molecule has 0 saturated heterocycles. The van der Waals surface area contributed by atoms with E-state index in [0.29, 0.717) is 6.42 Å². The van der Waals surface area contributed by atoms with E-state index in [1.54, 1.807) is 6.07 Å². The number of ether oxygens (including phenoxy) is 1. The van der Waals surface area contributed by atoms with Gasteiger partial charge in [-0.3, -0.25) is 0 Å². The zero-order valence-corrected chi connectivity index (χ0v) is 20.2. The Kier molecular flexibility index (Phi) is 7.94. The lowest BCUT2D eigenvalue weighted by Gasteiger charge is -2.14. The Bertz CT molecular complexity index is 1450. The predicted molar refractivity (Wildman–Crippen MR) is 129 cm³/mol. The standard InChI is InChI=1S/C29H22F8O/c1-2-3-4-5-16-6-8-20(22(30)10-16)19-12-23(31)26(24(32)13-19)17-7-9-21-18(11-17)14-25(33)28(27(21)34)38-15-29(35,36)37/h6-14H,2-5,15H2,1H3. The summed E-state index contributed by atoms with van der Waals surface area (Å²) in [5, 5.41) is -0.449. The Morgan fingerprint density at radius 2 is 1.42 bits per heavy atom. The van der Waals surface area contributed by atoms with E-state index >= 15 is 8.78 Å². The van der Waals surface area contributed by atoms with E-state index in [4.69, 9.17) is 0 Å². The van der Waals surface area contributed by atoms with Gasteiger partial charge in [-0.1, -0.05) is 44.0 Å². The highest BCUT2D eigenvalue weighted by atomic mass is 19.4. The second-order valence-electron chi connectivity index (χ2n) is 8.93. The zero-order valence-electron chi connectivity index (χ0n) is 20.2. The van der Waals surface area contributed by atoms with Gasteiger partial charge in [0.2, 0.25) is 0 Å². The minimum Gasteiger partial charge on any atom is -0.478 e. The molecule has 0 aliphatic heterocycles. The molecule has 0 unspecified atom stereocenters. The molecular formula is C29H22F8O. The molecule has 1 nitrogen and oxygen atoms in total. The second-order valence-corrected chi connectivity index (χ2v) is 8.93. The fourth-order valence-corrected chi connectivity index (χ4v) is 4.28. The van der Waals surface area contributed by atoms with Gasteiger partial charge < -0.3 is 4.74 Å². The zero-order chi connectivity index (χ0) is 27.6. The van der Waals surface area contributed by atoms with Crippen LogP contribution in [-0.2, 0) is 6.42 Å². The van der Waals surface area contributed by atoms with Crippen LogP contribution in [0, 0.1) is 29.1 Å². The van der Waals surface area contributed by atoms with Gasteiger partial charge >= 0.3 is 6.18 Å². The molecule has 38 heavy (non-hydrogen) atoms. The fraction of sp³-hybridized carbons (Fsp3) is 0.241. The molecule has 0 aromatic heterocycles. The van der Waals surface area contributed by atoms with Crippen molar-refractivity contribution < 1.29 is 39.9 Å². The van der Waals surface area contributed by atoms with Crippen molar-refractivity contribution in [1.29, 1.82) is 0 Å². The van der Waals surface area contributed by atoms with Gasteiger partial charge in [-0.15, -0.1) is 0 Å². The molecule has 0 radical (unpaired) electrons. The van der Waals surface area contributed by atoms with Gasteiger partial charge in [-0.2, -0.15) is 13.2 Å². The molecule has 0 amide bonds. The average Bonchev–Trinajstić information content (AvgIpc) is 2.83. The highest BCUT2D eigenvalue weighted by Gasteiger charge is 2.30. The lowest BCUT2D eigenvalue weighted by atomic mass is 9.95. The first-order valence-electron chi connectivity index (χ1n) is 11.9. The SMILES string of the molecule is CCCCCc1ccc(-c2cc(F)c(-c3ccc4c(F)c(OCC(F)(F)F)c(F)cc4c3)c(F)c2)c(F)c1. The van der Waals surface area contributed by atoms with Gasteiger partial charge in [-0.25, -0.2) is 22.0 Å². The Hall–Kier alpha value is -3.62. The van der Waals surface area contributed by atoms with Crippen LogP contribution >= 0.6 is 0 Å². The van der Waals surface area contributed by atoms with Crippen LogP contribution in [0.3, 0.4) is 0 Å². The average molecular weight is 538 g/mol. The largest absolute Gasteiger partial charge is 0.478 e. The lowest BCUT2D eigenvalue weighted by molar-refractivity contribution is -0.154. The number of rotatable bonds is 8. The number of hydrogen-bond acceptors (Lipinski definition) is 1. The minimum absolute atomic E-state index is 0.0163. The minimum atomic E-state index is -4.81. The summed E-state index contributed by atoms with van der Waals surface area (Å²) < 4.78 is 115. The van der Waals surface area contributed by atoms with Crippen LogP contribution in [0.2, 0.25) is 0 Å². The Morgan fingerprint density at radius 3 is 2.05 bits per heavy atom. The molecule has 9 heteroatoms. The van der Waals surface area contributed by atoms with Crippen molar-refractivity contribution >= 4 is 10.8 Å². The Morgan fingerprint density at radius 1 is 0.711 bits per heavy atom. The van der Waals surface area contributed by atoms with Crippen LogP contribution in [0.15, 0.2) is 54.6 Å². The quantitative estimate of drug-likeness (QED) is 0.160. The van der Waals surface area contributed by atoms with E-state index in [1.807, 2.05) is 0 Å². The van der Waals surface area contributed by atoms with Gasteiger partial charge in [0, 0.05) is 10.9 Å². The normalized spacial score (nSPS) is 11.8. The molecule has 0 N–H and O–H groups in total. The number of unbranched alkanes of at least 4 members (excludes halogenated alkanes) is 2. The third kappa shape index (κ3) is 5.92. The van der Waals surface area contributed by atoms with Crippen LogP contribution in [0.5, 0.6) is 5.75 Å². The van der Waals surface area contributed by atoms with Crippen molar-refractivity contribution in [2.45, 2.75) is 38.8 Å². The molecule has 200 valence electrons. The van der Waals surface area contributed by atoms with Crippen molar-refractivity contribution in [2.24, 2.45) is 0 Å². The second kappa shape index (κ2) is 11.0. The number of alkyl halides is 3. The number of hydrogen-bond donors (Lipinski definition) is 0. The maximum atomic E-state index is 15.1. The first-order valence-corrected chi connectivity index (χ1v) is 11.9. The van der Waals surface area contributed by atoms with E-state index in [2.05, 4.69) is 11.7 Å². The molecule has 0 spiro atoms. The molecule has 0 atom stereocenters. The molecule has 0 saturated carbocycles. The first-order chi connectivity index (χ1) is 18.0. The van der Waals surface area contributed by atoms with Crippen molar-refractivity contribution in [3.05, 3.63) is 89.2 Å². The summed E-state index contributed by atoms with van der Waals surface area (Å²) in [6, 6.07) is 10.5. The van der Waals surface area contributed by atoms with Gasteiger partial charge in [-0.05, 0) is 65.3 Å². The maximum Gasteiger partial charge on any atom is 0.422 e. The smallest absolute Gasteiger partial charge is 0.422 e. The van der Waals surface area contributed by atoms with Crippen molar-refractivity contribution in [1.82, 2.24) is 0 Å². The molecule has 0 heterocycles. The summed E-state index contributed by atoms with van der Waals surface area (Å²) in [4.78, 5) is 0. The van der Waals surface area contributed by atoms with Crippen LogP contribution < -0.4 is 4.74 Å². The van der Waals surface area contributed by atoms with Crippen LogP contribution in [-0.4, -0.2) is 12.8 Å². The number of aryl methyl sites for hydroxylation is 1. The summed E-state index contributed by atoms with van der Waals surface area (Å²) in [5.74, 6) is -6.66. The molecule has 0 bridgehead atoms. The summed E-state index contributed by atoms with van der Waals surface area (Å²) in [5.41, 5.74) is 0.187. The monoisotopic (exact) mass is 538 g/mol. The summed E-state index contributed by atoms with van der Waals surface area (Å²) >= 11 is 0. The van der Waals surface area contributed by atoms with Crippen LogP contribution in [0.4, 0.5) is 35.1 Å². The van der Waals surface area contributed by atoms with Crippen LogP contribution in [0.1, 0.15) is 31.7 Å². The van der Waals surface area contributed by atoms with Gasteiger partial charge in [0.1, 0.15) is 17.5 Å². The topological polar surface area (TPSA) is 9.23 Å². The Labute approximate surface area is 213 Å². The lowest BCUT2D eigenvalue weighted by Crippen LogP contribution is -2.20. The molecular weight excluding hydrogens is 516 g/mol. The third-order valence-electron chi connectivity index (χ3n) is 6.11. The van der Waals surface area contributed by atoms with Crippen molar-refractivity contribution in [3.63, 3.8) is 0 Å². The van der Waals surface area contributed by atoms with Crippen molar-refractivity contribution in [3.8, 4) is 28.0 Å². The maximum absolute atomic E-state index is 15.1. The number of halogens is 8. The van der Waals surface area contributed by atoms with E-state index in [1.165, 1.54) is 12.1 Å². The highest BCUT2D eigenvalue weighted by Crippen LogP contribution is 2.36. The summed E-state index contributed by atoms with van der Waals surface area (Å²) in [6.07, 6.45) is -1.20. The molecule has 4 aromatic carbocycles. The first kappa shape index (κ1) is 27.4. The summed E-state index contributed by atoms with van der Waals surface area (Å²) in [7, 11) is 0. The fourth-order valence-electron chi connectivity index (χ4n) is 4.28. The Balaban J connectivity index is 1.67. The van der Waals surface area contributed by atoms with Gasteiger partial charge in [0.15, 0.2) is 24.0 Å². The predicted octanol–water partition coefficient (Wildman–Crippen LogP) is 9.54. The highest BCUT2D eigenvalue weighted by molar-refractivity contribution is 5.89. The van der Waals surface area contributed by atoms with Crippen LogP contribution in [0.25, 0.3) is 33.0 Å². The third-order valence-corrected chi connectivity index (χ3v) is 6.11. The molecule has 0 aliphatic carbocycles. The van der Waals surface area contributed by atoms with E-state index in [9.17, 15) is 26.3 Å². The molecule has 0 fully saturated rings. The van der Waals surface area contributed by atoms with Gasteiger partial charge in [0.05, 0.1) is 5.56 Å². The molecule has 0 aliphatic rings. The van der Waals surface area contributed by atoms with Gasteiger partial charge in [0.25, 0.3) is 0 Å². The van der Waals surface area contributed by atoms with Crippen molar-refractivity contribution in [2.75, 3.05) is 6.61 Å². The summed E-state index contributed by atoms with van der Waals surface area (Å²) in [6.45, 7) is 0.161. The van der Waals surface area contributed by atoms with E-state index in [0.717, 1.165) is 61.2 Å². The number of fused-ring (bicyclic) bond motifs is 1. The van der Waals surface area contributed by atoms with E-state index in [-0.39, 0.29) is 27.5 Å². The molecule has 4 aromatic rings. The van der Waals surface area contributed by atoms with E-state index < -0.39 is 53.2 Å². The number of benzene rings is 4. The molecule has 4 rings (SSSR count).